The molecule has 0 radical (unpaired) electrons. The Morgan fingerprint density at radius 3 is 2.59 bits per heavy atom. The van der Waals surface area contributed by atoms with E-state index in [-0.39, 0.29) is 11.5 Å². The van der Waals surface area contributed by atoms with E-state index in [1.54, 1.807) is 0 Å². The zero-order valence-corrected chi connectivity index (χ0v) is 14.7. The second-order valence-corrected chi connectivity index (χ2v) is 6.42. The number of rotatable bonds is 7. The normalized spacial score (nSPS) is 11.1. The summed E-state index contributed by atoms with van der Waals surface area (Å²) in [6.07, 6.45) is 1.19. The van der Waals surface area contributed by atoms with Crippen molar-refractivity contribution in [1.82, 2.24) is 5.43 Å². The van der Waals surface area contributed by atoms with Crippen LogP contribution in [0.4, 0.5) is 10.5 Å². The summed E-state index contributed by atoms with van der Waals surface area (Å²) in [5, 5.41) is 14.6. The van der Waals surface area contributed by atoms with E-state index in [2.05, 4.69) is 5.10 Å². The van der Waals surface area contributed by atoms with Crippen LogP contribution in [0.1, 0.15) is 5.56 Å². The van der Waals surface area contributed by atoms with E-state index in [4.69, 9.17) is 14.7 Å². The monoisotopic (exact) mass is 394 g/mol. The minimum Gasteiger partial charge on any atom is -0.493 e. The molecule has 27 heavy (non-hydrogen) atoms. The van der Waals surface area contributed by atoms with Crippen LogP contribution < -0.4 is 20.1 Å². The molecule has 0 saturated heterocycles. The fourth-order valence-electron chi connectivity index (χ4n) is 1.99. The molecule has 2 aromatic rings. The molecule has 142 valence electrons. The molecule has 0 bridgehead atoms. The number of nitrogens with one attached hydrogen (secondary N) is 1. The van der Waals surface area contributed by atoms with Gasteiger partial charge in [0, 0.05) is 6.07 Å². The number of urea groups is 1. The van der Waals surface area contributed by atoms with Crippen molar-refractivity contribution in [1.29, 1.82) is 0 Å². The summed E-state index contributed by atoms with van der Waals surface area (Å²) < 4.78 is 35.1. The number of benzene rings is 2. The predicted molar refractivity (Wildman–Crippen MR) is 94.2 cm³/mol. The van der Waals surface area contributed by atoms with E-state index < -0.39 is 31.7 Å². The fourth-order valence-corrected chi connectivity index (χ4v) is 3.09. The van der Waals surface area contributed by atoms with Gasteiger partial charge in [0.2, 0.25) is 0 Å². The van der Waals surface area contributed by atoms with Crippen LogP contribution in [0.5, 0.6) is 11.5 Å². The molecule has 0 aromatic heterocycles. The number of methoxy groups -OCH3 is 1. The van der Waals surface area contributed by atoms with Crippen LogP contribution in [0.3, 0.4) is 0 Å². The third kappa shape index (κ3) is 4.92. The highest BCUT2D eigenvalue weighted by atomic mass is 32.2. The first-order valence-electron chi connectivity index (χ1n) is 7.19. The SMILES string of the molecule is COc1ccc(/C=N\NC(N)=O)cc1OS(=O)(=O)c1ccccc1[N+](=O)[O-]. The highest BCUT2D eigenvalue weighted by Gasteiger charge is 2.28. The standard InChI is InChI=1S/C15H14N4O7S/c1-25-12-7-6-10(9-17-18-15(16)20)8-13(12)26-27(23,24)14-5-3-2-4-11(14)19(21)22/h2-9H,1H3,(H3,16,18,20)/b17-9-. The van der Waals surface area contributed by atoms with E-state index in [0.29, 0.717) is 5.56 Å². The minimum absolute atomic E-state index is 0.0668. The minimum atomic E-state index is -4.53. The molecule has 3 N–H and O–H groups in total. The van der Waals surface area contributed by atoms with Gasteiger partial charge in [0.15, 0.2) is 16.4 Å². The Morgan fingerprint density at radius 2 is 1.96 bits per heavy atom. The van der Waals surface area contributed by atoms with Crippen LogP contribution in [0.25, 0.3) is 0 Å². The summed E-state index contributed by atoms with van der Waals surface area (Å²) in [7, 11) is -3.23. The first kappa shape index (κ1) is 19.7. The number of hydrazone groups is 1. The molecule has 0 saturated carbocycles. The maximum absolute atomic E-state index is 12.5. The highest BCUT2D eigenvalue weighted by molar-refractivity contribution is 7.87. The number of nitro benzene ring substituents is 1. The zero-order valence-electron chi connectivity index (χ0n) is 13.9. The second kappa shape index (κ2) is 8.14. The average Bonchev–Trinajstić information content (AvgIpc) is 2.61. The second-order valence-electron chi connectivity index (χ2n) is 4.91. The molecule has 0 aliphatic carbocycles. The smallest absolute Gasteiger partial charge is 0.346 e. The van der Waals surface area contributed by atoms with Gasteiger partial charge in [-0.05, 0) is 29.8 Å². The summed E-state index contributed by atoms with van der Waals surface area (Å²) in [5.41, 5.74) is 6.57. The molecular weight excluding hydrogens is 380 g/mol. The van der Waals surface area contributed by atoms with Gasteiger partial charge in [-0.2, -0.15) is 13.5 Å². The van der Waals surface area contributed by atoms with Gasteiger partial charge in [-0.1, -0.05) is 12.1 Å². The number of carbonyl (C=O) groups excluding carboxylic acids is 1. The summed E-state index contributed by atoms with van der Waals surface area (Å²) in [4.78, 5) is 20.2. The van der Waals surface area contributed by atoms with Gasteiger partial charge in [0.05, 0.1) is 18.2 Å². The highest BCUT2D eigenvalue weighted by Crippen LogP contribution is 2.32. The van der Waals surface area contributed by atoms with E-state index in [0.717, 1.165) is 12.1 Å². The lowest BCUT2D eigenvalue weighted by Crippen LogP contribution is -2.24. The van der Waals surface area contributed by atoms with Crippen LogP contribution in [0, 0.1) is 10.1 Å². The van der Waals surface area contributed by atoms with Gasteiger partial charge in [-0.25, -0.2) is 10.2 Å². The number of nitrogens with zero attached hydrogens (tertiary/aromatic N) is 2. The van der Waals surface area contributed by atoms with E-state index in [1.807, 2.05) is 5.43 Å². The van der Waals surface area contributed by atoms with Crippen molar-refractivity contribution in [3.05, 3.63) is 58.1 Å². The molecule has 0 heterocycles. The number of nitro groups is 1. The van der Waals surface area contributed by atoms with Crippen molar-refractivity contribution in [3.63, 3.8) is 0 Å². The number of ether oxygens (including phenoxy) is 1. The number of hydrogen-bond acceptors (Lipinski definition) is 8. The zero-order chi connectivity index (χ0) is 20.0. The molecule has 0 aliphatic heterocycles. The van der Waals surface area contributed by atoms with Gasteiger partial charge < -0.3 is 14.7 Å². The summed E-state index contributed by atoms with van der Waals surface area (Å²) in [6.45, 7) is 0. The van der Waals surface area contributed by atoms with Gasteiger partial charge in [-0.3, -0.25) is 10.1 Å². The van der Waals surface area contributed by atoms with Gasteiger partial charge in [-0.15, -0.1) is 0 Å². The average molecular weight is 394 g/mol. The lowest BCUT2D eigenvalue weighted by atomic mass is 10.2. The van der Waals surface area contributed by atoms with Crippen molar-refractivity contribution >= 4 is 28.1 Å². The van der Waals surface area contributed by atoms with Gasteiger partial charge >= 0.3 is 16.1 Å². The molecule has 0 atom stereocenters. The molecule has 0 spiro atoms. The van der Waals surface area contributed by atoms with Crippen LogP contribution in [-0.4, -0.2) is 32.7 Å². The van der Waals surface area contributed by atoms with Crippen LogP contribution >= 0.6 is 0 Å². The quantitative estimate of drug-likeness (QED) is 0.310. The number of primary amides is 1. The van der Waals surface area contributed by atoms with Crippen molar-refractivity contribution in [2.24, 2.45) is 10.8 Å². The molecule has 0 fully saturated rings. The number of carbonyl (C=O) groups is 1. The lowest BCUT2D eigenvalue weighted by molar-refractivity contribution is -0.387. The van der Waals surface area contributed by atoms with E-state index in [1.165, 1.54) is 43.7 Å². The third-order valence-corrected chi connectivity index (χ3v) is 4.39. The predicted octanol–water partition coefficient (Wildman–Crippen LogP) is 1.37. The van der Waals surface area contributed by atoms with Crippen molar-refractivity contribution in [2.45, 2.75) is 4.90 Å². The molecule has 2 amide bonds. The number of hydrogen-bond donors (Lipinski definition) is 2. The largest absolute Gasteiger partial charge is 0.493 e. The molecule has 12 heteroatoms. The number of nitrogens with two attached hydrogens (primary N) is 1. The maximum atomic E-state index is 12.5. The Labute approximate surface area is 153 Å². The summed E-state index contributed by atoms with van der Waals surface area (Å²) in [6, 6.07) is 8.06. The summed E-state index contributed by atoms with van der Waals surface area (Å²) in [5.74, 6) is -0.157. The molecule has 2 rings (SSSR count). The Morgan fingerprint density at radius 1 is 1.26 bits per heavy atom. The van der Waals surface area contributed by atoms with Crippen LogP contribution in [0.2, 0.25) is 0 Å². The molecule has 0 aliphatic rings. The van der Waals surface area contributed by atoms with E-state index in [9.17, 15) is 23.3 Å². The molecule has 0 unspecified atom stereocenters. The fraction of sp³-hybridized carbons (Fsp3) is 0.0667. The van der Waals surface area contributed by atoms with Crippen molar-refractivity contribution < 1.29 is 27.1 Å². The Hall–Kier alpha value is -3.67. The molecular formula is C15H14N4O7S. The van der Waals surface area contributed by atoms with Gasteiger partial charge in [0.25, 0.3) is 5.69 Å². The molecule has 11 nitrogen and oxygen atoms in total. The first-order valence-corrected chi connectivity index (χ1v) is 8.60. The Bertz CT molecular complexity index is 1000. The van der Waals surface area contributed by atoms with Gasteiger partial charge in [0.1, 0.15) is 0 Å². The third-order valence-electron chi connectivity index (χ3n) is 3.11. The first-order chi connectivity index (χ1) is 12.7. The van der Waals surface area contributed by atoms with Crippen LogP contribution in [0.15, 0.2) is 52.5 Å². The molecule has 2 aromatic carbocycles. The Kier molecular flexibility index (Phi) is 5.92. The lowest BCUT2D eigenvalue weighted by Gasteiger charge is -2.11. The Balaban J connectivity index is 2.41. The number of amides is 2. The summed E-state index contributed by atoms with van der Waals surface area (Å²) >= 11 is 0. The van der Waals surface area contributed by atoms with E-state index >= 15 is 0 Å². The van der Waals surface area contributed by atoms with Crippen LogP contribution in [-0.2, 0) is 10.1 Å². The van der Waals surface area contributed by atoms with Crippen molar-refractivity contribution in [2.75, 3.05) is 7.11 Å². The number of para-hydroxylation sites is 1. The maximum Gasteiger partial charge on any atom is 0.346 e. The van der Waals surface area contributed by atoms with Crippen molar-refractivity contribution in [3.8, 4) is 11.5 Å². The topological polar surface area (TPSA) is 163 Å².